The molecule has 2 heterocycles. The molecular formula is C21H34N4O2S. The maximum atomic E-state index is 12.8. The number of nitrogens with one attached hydrogen (secondary N) is 2. The van der Waals surface area contributed by atoms with E-state index in [1.807, 2.05) is 32.6 Å². The summed E-state index contributed by atoms with van der Waals surface area (Å²) in [7, 11) is 0. The average Bonchev–Trinajstić information content (AvgIpc) is 2.88. The zero-order valence-corrected chi connectivity index (χ0v) is 19.0. The van der Waals surface area contributed by atoms with Crippen LogP contribution in [-0.4, -0.2) is 39.4 Å². The van der Waals surface area contributed by atoms with Gasteiger partial charge in [-0.3, -0.25) is 14.5 Å². The number of likely N-dealkylation sites (N-methyl/N-ethyl adjacent to an activating group) is 1. The van der Waals surface area contributed by atoms with E-state index in [9.17, 15) is 9.59 Å². The van der Waals surface area contributed by atoms with Crippen LogP contribution in [0.15, 0.2) is 4.79 Å². The van der Waals surface area contributed by atoms with Crippen molar-refractivity contribution in [2.24, 2.45) is 5.92 Å². The zero-order chi connectivity index (χ0) is 21.1. The fourth-order valence-corrected chi connectivity index (χ4v) is 4.26. The van der Waals surface area contributed by atoms with Crippen molar-refractivity contribution >= 4 is 27.5 Å². The molecule has 0 aliphatic carbocycles. The van der Waals surface area contributed by atoms with Crippen LogP contribution in [0.25, 0.3) is 10.2 Å². The van der Waals surface area contributed by atoms with Crippen LogP contribution in [0.3, 0.4) is 0 Å². The summed E-state index contributed by atoms with van der Waals surface area (Å²) in [6.45, 7) is 15.7. The van der Waals surface area contributed by atoms with Gasteiger partial charge < -0.3 is 10.3 Å². The molecule has 156 valence electrons. The Balaban J connectivity index is 2.23. The van der Waals surface area contributed by atoms with Gasteiger partial charge in [0.2, 0.25) is 5.91 Å². The van der Waals surface area contributed by atoms with E-state index in [2.05, 4.69) is 31.1 Å². The minimum absolute atomic E-state index is 0.0272. The third-order valence-corrected chi connectivity index (χ3v) is 5.90. The molecule has 0 unspecified atom stereocenters. The van der Waals surface area contributed by atoms with Crippen molar-refractivity contribution in [3.05, 3.63) is 26.6 Å². The summed E-state index contributed by atoms with van der Waals surface area (Å²) in [4.78, 5) is 36.6. The molecule has 0 aliphatic rings. The summed E-state index contributed by atoms with van der Waals surface area (Å²) >= 11 is 1.59. The number of H-pyrrole nitrogens is 1. The number of carbonyl (C=O) groups is 1. The number of amides is 1. The van der Waals surface area contributed by atoms with Crippen molar-refractivity contribution in [1.29, 1.82) is 0 Å². The molecule has 0 radical (unpaired) electrons. The van der Waals surface area contributed by atoms with Gasteiger partial charge in [-0.15, -0.1) is 11.3 Å². The molecule has 0 saturated carbocycles. The number of aromatic nitrogens is 2. The average molecular weight is 407 g/mol. The summed E-state index contributed by atoms with van der Waals surface area (Å²) in [5.74, 6) is 1.12. The van der Waals surface area contributed by atoms with Gasteiger partial charge >= 0.3 is 0 Å². The summed E-state index contributed by atoms with van der Waals surface area (Å²) in [6.07, 6.45) is 1.99. The molecule has 0 fully saturated rings. The topological polar surface area (TPSA) is 78.1 Å². The summed E-state index contributed by atoms with van der Waals surface area (Å²) < 4.78 is 0. The van der Waals surface area contributed by atoms with E-state index in [0.29, 0.717) is 24.8 Å². The highest BCUT2D eigenvalue weighted by atomic mass is 32.1. The summed E-state index contributed by atoms with van der Waals surface area (Å²) in [5.41, 5.74) is 0.798. The van der Waals surface area contributed by atoms with Gasteiger partial charge in [0.1, 0.15) is 10.7 Å². The van der Waals surface area contributed by atoms with E-state index in [0.717, 1.165) is 28.6 Å². The van der Waals surface area contributed by atoms with E-state index < -0.39 is 0 Å². The molecule has 2 aromatic heterocycles. The van der Waals surface area contributed by atoms with E-state index in [-0.39, 0.29) is 23.6 Å². The maximum absolute atomic E-state index is 12.8. The normalized spacial score (nSPS) is 13.3. The predicted molar refractivity (Wildman–Crippen MR) is 117 cm³/mol. The van der Waals surface area contributed by atoms with Crippen LogP contribution in [0.2, 0.25) is 0 Å². The lowest BCUT2D eigenvalue weighted by Crippen LogP contribution is -2.45. The minimum Gasteiger partial charge on any atom is -0.350 e. The van der Waals surface area contributed by atoms with E-state index in [1.165, 1.54) is 4.88 Å². The standard InChI is InChI=1S/C21H34N4O2S/c1-8-13(3)10-15-14(4)28-20-18(15)19(27)22-16(23-20)11-25(9-2)12-17(26)24-21(5,6)7/h13H,8-12H2,1-7H3,(H,24,26)(H,22,23,27)/t13-/m1/s1. The Morgan fingerprint density at radius 2 is 2.00 bits per heavy atom. The molecule has 7 heteroatoms. The second kappa shape index (κ2) is 9.18. The lowest BCUT2D eigenvalue weighted by molar-refractivity contribution is -0.123. The number of aromatic amines is 1. The number of rotatable bonds is 8. The highest BCUT2D eigenvalue weighted by Crippen LogP contribution is 2.29. The molecule has 1 atom stereocenters. The van der Waals surface area contributed by atoms with Crippen molar-refractivity contribution in [2.75, 3.05) is 13.1 Å². The molecule has 0 spiro atoms. The number of fused-ring (bicyclic) bond motifs is 1. The number of nitrogens with zero attached hydrogens (tertiary/aromatic N) is 2. The highest BCUT2D eigenvalue weighted by Gasteiger charge is 2.19. The van der Waals surface area contributed by atoms with Crippen LogP contribution in [0, 0.1) is 12.8 Å². The molecule has 0 aliphatic heterocycles. The van der Waals surface area contributed by atoms with Gasteiger partial charge in [0, 0.05) is 10.4 Å². The van der Waals surface area contributed by atoms with Gasteiger partial charge in [0.25, 0.3) is 5.56 Å². The fourth-order valence-electron chi connectivity index (χ4n) is 3.19. The SMILES string of the molecule is CC[C@@H](C)Cc1c(C)sc2nc(CN(CC)CC(=O)NC(C)(C)C)[nH]c(=O)c12. The molecule has 28 heavy (non-hydrogen) atoms. The lowest BCUT2D eigenvalue weighted by Gasteiger charge is -2.24. The Bertz CT molecular complexity index is 879. The quantitative estimate of drug-likeness (QED) is 0.702. The summed E-state index contributed by atoms with van der Waals surface area (Å²) in [6, 6.07) is 0. The molecule has 0 saturated heterocycles. The largest absolute Gasteiger partial charge is 0.350 e. The van der Waals surface area contributed by atoms with Crippen molar-refractivity contribution in [1.82, 2.24) is 20.2 Å². The molecule has 6 nitrogen and oxygen atoms in total. The summed E-state index contributed by atoms with van der Waals surface area (Å²) in [5, 5.41) is 3.71. The Hall–Kier alpha value is -1.73. The molecule has 2 aromatic rings. The lowest BCUT2D eigenvalue weighted by atomic mass is 9.98. The van der Waals surface area contributed by atoms with Crippen molar-refractivity contribution in [2.45, 2.75) is 73.4 Å². The van der Waals surface area contributed by atoms with Crippen LogP contribution < -0.4 is 10.9 Å². The van der Waals surface area contributed by atoms with Crippen LogP contribution >= 0.6 is 11.3 Å². The molecular weight excluding hydrogens is 372 g/mol. The van der Waals surface area contributed by atoms with Crippen LogP contribution in [0.4, 0.5) is 0 Å². The smallest absolute Gasteiger partial charge is 0.259 e. The van der Waals surface area contributed by atoms with Gasteiger partial charge in [-0.25, -0.2) is 4.98 Å². The monoisotopic (exact) mass is 406 g/mol. The van der Waals surface area contributed by atoms with Gasteiger partial charge in [0.15, 0.2) is 0 Å². The third-order valence-electron chi connectivity index (χ3n) is 4.86. The van der Waals surface area contributed by atoms with E-state index >= 15 is 0 Å². The highest BCUT2D eigenvalue weighted by molar-refractivity contribution is 7.18. The van der Waals surface area contributed by atoms with Crippen molar-refractivity contribution in [3.8, 4) is 0 Å². The van der Waals surface area contributed by atoms with Gasteiger partial charge in [-0.1, -0.05) is 27.2 Å². The maximum Gasteiger partial charge on any atom is 0.259 e. The Labute approximate surface area is 171 Å². The van der Waals surface area contributed by atoms with Crippen molar-refractivity contribution < 1.29 is 4.79 Å². The number of hydrogen-bond donors (Lipinski definition) is 2. The van der Waals surface area contributed by atoms with Gasteiger partial charge in [-0.2, -0.15) is 0 Å². The first-order valence-electron chi connectivity index (χ1n) is 10.1. The number of aryl methyl sites for hydroxylation is 1. The first-order chi connectivity index (χ1) is 13.0. The van der Waals surface area contributed by atoms with Crippen LogP contribution in [-0.2, 0) is 17.8 Å². The Morgan fingerprint density at radius 3 is 2.57 bits per heavy atom. The second-order valence-electron chi connectivity index (χ2n) is 8.65. The van der Waals surface area contributed by atoms with E-state index in [1.54, 1.807) is 11.3 Å². The third kappa shape index (κ3) is 5.88. The van der Waals surface area contributed by atoms with Gasteiger partial charge in [0.05, 0.1) is 18.5 Å². The Kier molecular flexibility index (Phi) is 7.39. The molecule has 0 bridgehead atoms. The first kappa shape index (κ1) is 22.6. The number of thiophene rings is 1. The molecule has 2 rings (SSSR count). The van der Waals surface area contributed by atoms with Crippen molar-refractivity contribution in [3.63, 3.8) is 0 Å². The molecule has 2 N–H and O–H groups in total. The fraction of sp³-hybridized carbons (Fsp3) is 0.667. The zero-order valence-electron chi connectivity index (χ0n) is 18.2. The van der Waals surface area contributed by atoms with Gasteiger partial charge in [-0.05, 0) is 52.1 Å². The Morgan fingerprint density at radius 1 is 1.32 bits per heavy atom. The minimum atomic E-state index is -0.261. The molecule has 0 aromatic carbocycles. The number of carbonyl (C=O) groups excluding carboxylic acids is 1. The first-order valence-corrected chi connectivity index (χ1v) is 10.9. The van der Waals surface area contributed by atoms with Crippen LogP contribution in [0.1, 0.15) is 64.2 Å². The molecule has 1 amide bonds. The number of hydrogen-bond acceptors (Lipinski definition) is 5. The van der Waals surface area contributed by atoms with E-state index in [4.69, 9.17) is 4.98 Å². The second-order valence-corrected chi connectivity index (χ2v) is 9.85. The predicted octanol–water partition coefficient (Wildman–Crippen LogP) is 3.62. The van der Waals surface area contributed by atoms with Crippen LogP contribution in [0.5, 0.6) is 0 Å².